The number of aliphatic hydroxyl groups is 1. The molecular weight excluding hydrogens is 250 g/mol. The zero-order valence-corrected chi connectivity index (χ0v) is 11.7. The monoisotopic (exact) mass is 271 g/mol. The minimum absolute atomic E-state index is 0.433. The predicted octanol–water partition coefficient (Wildman–Crippen LogP) is 2.60. The first-order chi connectivity index (χ1) is 9.83. The van der Waals surface area contributed by atoms with Crippen molar-refractivity contribution in [3.63, 3.8) is 0 Å². The molecule has 2 aromatic rings. The summed E-state index contributed by atoms with van der Waals surface area (Å²) < 4.78 is 5.45. The Kier molecular flexibility index (Phi) is 4.31. The quantitative estimate of drug-likeness (QED) is 0.931. The molecular formula is C17H21NO2. The molecule has 0 amide bonds. The van der Waals surface area contributed by atoms with Gasteiger partial charge in [-0.25, -0.2) is 0 Å². The van der Waals surface area contributed by atoms with Gasteiger partial charge in [0, 0.05) is 26.2 Å². The van der Waals surface area contributed by atoms with E-state index in [0.717, 1.165) is 38.3 Å². The Morgan fingerprint density at radius 1 is 1.05 bits per heavy atom. The maximum Gasteiger partial charge on any atom is 0.0917 e. The molecule has 2 aromatic carbocycles. The summed E-state index contributed by atoms with van der Waals surface area (Å²) in [6.45, 7) is 4.20. The van der Waals surface area contributed by atoms with E-state index in [1.807, 2.05) is 18.2 Å². The molecule has 0 aliphatic carbocycles. The van der Waals surface area contributed by atoms with Crippen LogP contribution in [0.25, 0.3) is 10.8 Å². The van der Waals surface area contributed by atoms with Crippen LogP contribution >= 0.6 is 0 Å². The van der Waals surface area contributed by atoms with E-state index in [1.54, 1.807) is 0 Å². The third-order valence-electron chi connectivity index (χ3n) is 3.90. The standard InChI is InChI=1S/C17H21NO2/c19-17(13-18-8-3-10-20-11-9-18)16-7-6-14-4-1-2-5-15(14)12-16/h1-2,4-7,12,17,19H,3,8-11,13H2. The fourth-order valence-corrected chi connectivity index (χ4v) is 2.75. The molecule has 1 saturated heterocycles. The Morgan fingerprint density at radius 3 is 2.80 bits per heavy atom. The molecule has 106 valence electrons. The van der Waals surface area contributed by atoms with E-state index in [2.05, 4.69) is 29.2 Å². The number of fused-ring (bicyclic) bond motifs is 1. The maximum atomic E-state index is 10.4. The van der Waals surface area contributed by atoms with Crippen molar-refractivity contribution in [1.29, 1.82) is 0 Å². The highest BCUT2D eigenvalue weighted by molar-refractivity contribution is 5.83. The maximum absolute atomic E-state index is 10.4. The van der Waals surface area contributed by atoms with Crippen molar-refractivity contribution in [3.05, 3.63) is 48.0 Å². The van der Waals surface area contributed by atoms with Crippen LogP contribution in [0.1, 0.15) is 18.1 Å². The molecule has 1 fully saturated rings. The van der Waals surface area contributed by atoms with Gasteiger partial charge in [0.05, 0.1) is 12.7 Å². The summed E-state index contributed by atoms with van der Waals surface area (Å²) in [5.41, 5.74) is 0.994. The average Bonchev–Trinajstić information content (AvgIpc) is 2.75. The van der Waals surface area contributed by atoms with Crippen LogP contribution in [0.3, 0.4) is 0 Å². The highest BCUT2D eigenvalue weighted by atomic mass is 16.5. The van der Waals surface area contributed by atoms with E-state index < -0.39 is 6.10 Å². The zero-order valence-electron chi connectivity index (χ0n) is 11.7. The zero-order chi connectivity index (χ0) is 13.8. The number of hydrogen-bond acceptors (Lipinski definition) is 3. The molecule has 1 aliphatic rings. The number of rotatable bonds is 3. The molecule has 20 heavy (non-hydrogen) atoms. The highest BCUT2D eigenvalue weighted by Crippen LogP contribution is 2.21. The van der Waals surface area contributed by atoms with E-state index >= 15 is 0 Å². The minimum Gasteiger partial charge on any atom is -0.387 e. The highest BCUT2D eigenvalue weighted by Gasteiger charge is 2.15. The number of β-amino-alcohol motifs (C(OH)–C–C–N with tert-alkyl or cyclic N) is 1. The van der Waals surface area contributed by atoms with E-state index in [4.69, 9.17) is 4.74 Å². The molecule has 1 atom stereocenters. The summed E-state index contributed by atoms with van der Waals surface area (Å²) >= 11 is 0. The van der Waals surface area contributed by atoms with Crippen molar-refractivity contribution in [2.45, 2.75) is 12.5 Å². The molecule has 0 aromatic heterocycles. The van der Waals surface area contributed by atoms with Gasteiger partial charge in [-0.2, -0.15) is 0 Å². The van der Waals surface area contributed by atoms with Gasteiger partial charge in [-0.05, 0) is 28.8 Å². The van der Waals surface area contributed by atoms with Crippen molar-refractivity contribution in [2.75, 3.05) is 32.8 Å². The van der Waals surface area contributed by atoms with E-state index in [9.17, 15) is 5.11 Å². The van der Waals surface area contributed by atoms with Crippen LogP contribution in [0.15, 0.2) is 42.5 Å². The van der Waals surface area contributed by atoms with Gasteiger partial charge < -0.3 is 9.84 Å². The van der Waals surface area contributed by atoms with Gasteiger partial charge in [0.1, 0.15) is 0 Å². The predicted molar refractivity (Wildman–Crippen MR) is 80.8 cm³/mol. The smallest absolute Gasteiger partial charge is 0.0917 e. The third kappa shape index (κ3) is 3.18. The van der Waals surface area contributed by atoms with Gasteiger partial charge in [0.15, 0.2) is 0 Å². The van der Waals surface area contributed by atoms with Gasteiger partial charge in [0.25, 0.3) is 0 Å². The van der Waals surface area contributed by atoms with E-state index in [0.29, 0.717) is 6.54 Å². The second-order valence-corrected chi connectivity index (χ2v) is 5.39. The third-order valence-corrected chi connectivity index (χ3v) is 3.90. The first-order valence-electron chi connectivity index (χ1n) is 7.30. The summed E-state index contributed by atoms with van der Waals surface area (Å²) in [4.78, 5) is 2.28. The second kappa shape index (κ2) is 6.35. The molecule has 1 unspecified atom stereocenters. The topological polar surface area (TPSA) is 32.7 Å². The molecule has 0 bridgehead atoms. The number of aliphatic hydroxyl groups excluding tert-OH is 1. The molecule has 1 N–H and O–H groups in total. The van der Waals surface area contributed by atoms with Crippen LogP contribution in [0.2, 0.25) is 0 Å². The molecule has 3 nitrogen and oxygen atoms in total. The Morgan fingerprint density at radius 2 is 1.90 bits per heavy atom. The molecule has 3 heteroatoms. The van der Waals surface area contributed by atoms with Crippen molar-refractivity contribution in [3.8, 4) is 0 Å². The lowest BCUT2D eigenvalue weighted by Crippen LogP contribution is -2.31. The Hall–Kier alpha value is -1.42. The second-order valence-electron chi connectivity index (χ2n) is 5.39. The summed E-state index contributed by atoms with van der Waals surface area (Å²) in [7, 11) is 0. The number of benzene rings is 2. The van der Waals surface area contributed by atoms with Crippen molar-refractivity contribution < 1.29 is 9.84 Å². The normalized spacial score (nSPS) is 18.9. The van der Waals surface area contributed by atoms with Crippen LogP contribution in [-0.4, -0.2) is 42.9 Å². The van der Waals surface area contributed by atoms with Gasteiger partial charge in [-0.15, -0.1) is 0 Å². The minimum atomic E-state index is -0.433. The SMILES string of the molecule is OC(CN1CCCOCC1)c1ccc2ccccc2c1. The summed E-state index contributed by atoms with van der Waals surface area (Å²) in [5, 5.41) is 12.8. The largest absolute Gasteiger partial charge is 0.387 e. The van der Waals surface area contributed by atoms with Gasteiger partial charge in [-0.3, -0.25) is 4.90 Å². The molecule has 0 saturated carbocycles. The Bertz CT molecular complexity index is 562. The Labute approximate surface area is 119 Å². The summed E-state index contributed by atoms with van der Waals surface area (Å²) in [6, 6.07) is 14.5. The van der Waals surface area contributed by atoms with Crippen LogP contribution in [0.4, 0.5) is 0 Å². The molecule has 0 spiro atoms. The van der Waals surface area contributed by atoms with Gasteiger partial charge in [0.2, 0.25) is 0 Å². The lowest BCUT2D eigenvalue weighted by molar-refractivity contribution is 0.103. The summed E-state index contributed by atoms with van der Waals surface area (Å²) in [6.07, 6.45) is 0.613. The fourth-order valence-electron chi connectivity index (χ4n) is 2.75. The molecule has 1 aliphatic heterocycles. The van der Waals surface area contributed by atoms with Crippen LogP contribution < -0.4 is 0 Å². The lowest BCUT2D eigenvalue weighted by Gasteiger charge is -2.23. The average molecular weight is 271 g/mol. The molecule has 0 radical (unpaired) electrons. The molecule has 1 heterocycles. The number of ether oxygens (including phenoxy) is 1. The van der Waals surface area contributed by atoms with Crippen LogP contribution in [-0.2, 0) is 4.74 Å². The van der Waals surface area contributed by atoms with Crippen LogP contribution in [0, 0.1) is 0 Å². The Balaban J connectivity index is 1.72. The van der Waals surface area contributed by atoms with E-state index in [-0.39, 0.29) is 0 Å². The first-order valence-corrected chi connectivity index (χ1v) is 7.30. The van der Waals surface area contributed by atoms with Crippen molar-refractivity contribution in [2.24, 2.45) is 0 Å². The lowest BCUT2D eigenvalue weighted by atomic mass is 10.0. The fraction of sp³-hybridized carbons (Fsp3) is 0.412. The van der Waals surface area contributed by atoms with Gasteiger partial charge in [-0.1, -0.05) is 36.4 Å². The van der Waals surface area contributed by atoms with Crippen LogP contribution in [0.5, 0.6) is 0 Å². The van der Waals surface area contributed by atoms with Gasteiger partial charge >= 0.3 is 0 Å². The van der Waals surface area contributed by atoms with Crippen molar-refractivity contribution in [1.82, 2.24) is 4.90 Å². The number of hydrogen-bond donors (Lipinski definition) is 1. The summed E-state index contributed by atoms with van der Waals surface area (Å²) in [5.74, 6) is 0. The van der Waals surface area contributed by atoms with E-state index in [1.165, 1.54) is 10.8 Å². The number of nitrogens with zero attached hydrogens (tertiary/aromatic N) is 1. The first kappa shape index (κ1) is 13.6. The molecule has 3 rings (SSSR count). The van der Waals surface area contributed by atoms with Crippen molar-refractivity contribution >= 4 is 10.8 Å².